The van der Waals surface area contributed by atoms with Gasteiger partial charge in [0.1, 0.15) is 5.78 Å². The highest BCUT2D eigenvalue weighted by atomic mass is 16.2. The molecule has 2 atom stereocenters. The van der Waals surface area contributed by atoms with E-state index in [4.69, 9.17) is 12.2 Å². The predicted octanol–water partition coefficient (Wildman–Crippen LogP) is 0.762. The SMILES string of the molecule is C#CC#CC#CC#CC#CC#CC(=O)NCCCC(N)C(=O)NCCCCC(CC)C(C)=O. The summed E-state index contributed by atoms with van der Waals surface area (Å²) < 4.78 is 0. The largest absolute Gasteiger partial charge is 0.355 e. The summed E-state index contributed by atoms with van der Waals surface area (Å²) in [6.45, 7) is 4.50. The van der Waals surface area contributed by atoms with Crippen molar-refractivity contribution in [3.63, 3.8) is 0 Å². The lowest BCUT2D eigenvalue weighted by molar-refractivity contribution is -0.123. The van der Waals surface area contributed by atoms with Gasteiger partial charge in [0.15, 0.2) is 0 Å². The van der Waals surface area contributed by atoms with Crippen LogP contribution >= 0.6 is 0 Å². The van der Waals surface area contributed by atoms with Crippen LogP contribution in [0.1, 0.15) is 52.4 Å². The molecule has 6 nitrogen and oxygen atoms in total. The Labute approximate surface area is 197 Å². The van der Waals surface area contributed by atoms with Crippen molar-refractivity contribution in [2.45, 2.75) is 58.4 Å². The highest BCUT2D eigenvalue weighted by molar-refractivity contribution is 5.94. The molecule has 0 saturated heterocycles. The molecule has 0 spiro atoms. The third-order valence-corrected chi connectivity index (χ3v) is 4.41. The number of carbonyl (C=O) groups is 3. The van der Waals surface area contributed by atoms with Crippen molar-refractivity contribution in [1.29, 1.82) is 0 Å². The van der Waals surface area contributed by atoms with Crippen LogP contribution in [0.15, 0.2) is 0 Å². The lowest BCUT2D eigenvalue weighted by Crippen LogP contribution is -2.41. The van der Waals surface area contributed by atoms with Gasteiger partial charge in [-0.15, -0.1) is 6.42 Å². The van der Waals surface area contributed by atoms with Crippen LogP contribution in [-0.2, 0) is 14.4 Å². The molecular formula is C27H29N3O3. The van der Waals surface area contributed by atoms with Crippen LogP contribution in [0.25, 0.3) is 0 Å². The van der Waals surface area contributed by atoms with E-state index in [1.807, 2.05) is 6.92 Å². The molecule has 0 aromatic heterocycles. The van der Waals surface area contributed by atoms with Crippen LogP contribution in [0, 0.1) is 77.5 Å². The van der Waals surface area contributed by atoms with E-state index in [1.165, 1.54) is 0 Å². The smallest absolute Gasteiger partial charge is 0.296 e. The van der Waals surface area contributed by atoms with Crippen LogP contribution in [-0.4, -0.2) is 36.7 Å². The maximum Gasteiger partial charge on any atom is 0.296 e. The van der Waals surface area contributed by atoms with E-state index in [2.05, 4.69) is 75.8 Å². The molecule has 0 saturated carbocycles. The summed E-state index contributed by atoms with van der Waals surface area (Å²) in [6.07, 6.45) is 9.27. The molecule has 0 aliphatic rings. The van der Waals surface area contributed by atoms with E-state index < -0.39 is 11.9 Å². The zero-order chi connectivity index (χ0) is 24.7. The van der Waals surface area contributed by atoms with Gasteiger partial charge in [-0.1, -0.05) is 13.3 Å². The first-order chi connectivity index (χ1) is 15.9. The zero-order valence-electron chi connectivity index (χ0n) is 19.2. The normalized spacial score (nSPS) is 10.1. The predicted molar refractivity (Wildman–Crippen MR) is 129 cm³/mol. The molecule has 170 valence electrons. The van der Waals surface area contributed by atoms with Crippen LogP contribution in [0.2, 0.25) is 0 Å². The van der Waals surface area contributed by atoms with E-state index in [0.717, 1.165) is 25.7 Å². The Morgan fingerprint density at radius 3 is 1.97 bits per heavy atom. The summed E-state index contributed by atoms with van der Waals surface area (Å²) in [5.41, 5.74) is 5.88. The summed E-state index contributed by atoms with van der Waals surface area (Å²) in [4.78, 5) is 35.0. The average molecular weight is 444 g/mol. The minimum absolute atomic E-state index is 0.105. The van der Waals surface area contributed by atoms with Crippen molar-refractivity contribution in [3.8, 4) is 71.5 Å². The molecule has 0 aromatic carbocycles. The number of rotatable bonds is 12. The summed E-state index contributed by atoms with van der Waals surface area (Å²) in [6, 6.07) is -0.640. The Balaban J connectivity index is 4.01. The third kappa shape index (κ3) is 17.3. The number of unbranched alkanes of at least 4 members (excludes halogenated alkanes) is 1. The Hall–Kier alpha value is -4.07. The van der Waals surface area contributed by atoms with Crippen LogP contribution in [0.3, 0.4) is 0 Å². The molecule has 6 heteroatoms. The lowest BCUT2D eigenvalue weighted by Gasteiger charge is -2.13. The molecule has 0 bridgehead atoms. The van der Waals surface area contributed by atoms with E-state index >= 15 is 0 Å². The fourth-order valence-corrected chi connectivity index (χ4v) is 2.60. The average Bonchev–Trinajstić information content (AvgIpc) is 2.79. The van der Waals surface area contributed by atoms with Gasteiger partial charge in [0.25, 0.3) is 5.91 Å². The van der Waals surface area contributed by atoms with Crippen molar-refractivity contribution in [2.75, 3.05) is 13.1 Å². The van der Waals surface area contributed by atoms with Gasteiger partial charge in [0, 0.05) is 24.9 Å². The molecule has 2 unspecified atom stereocenters. The second-order valence-electron chi connectivity index (χ2n) is 6.90. The molecule has 0 radical (unpaired) electrons. The van der Waals surface area contributed by atoms with Crippen molar-refractivity contribution in [1.82, 2.24) is 10.6 Å². The number of hydrogen-bond donors (Lipinski definition) is 3. The highest BCUT2D eigenvalue weighted by Gasteiger charge is 2.13. The maximum atomic E-state index is 12.0. The van der Waals surface area contributed by atoms with Crippen LogP contribution in [0.5, 0.6) is 0 Å². The first kappa shape index (κ1) is 28.9. The quantitative estimate of drug-likeness (QED) is 0.306. The highest BCUT2D eigenvalue weighted by Crippen LogP contribution is 2.13. The Kier molecular flexibility index (Phi) is 17.4. The second-order valence-corrected chi connectivity index (χ2v) is 6.90. The number of amides is 2. The molecule has 0 fully saturated rings. The van der Waals surface area contributed by atoms with Crippen molar-refractivity contribution >= 4 is 17.6 Å². The molecule has 4 N–H and O–H groups in total. The number of Topliss-reactive ketones (excluding diaryl/α,β-unsaturated/α-hetero) is 1. The van der Waals surface area contributed by atoms with Gasteiger partial charge in [-0.2, -0.15) is 0 Å². The van der Waals surface area contributed by atoms with Gasteiger partial charge >= 0.3 is 0 Å². The molecule has 0 heterocycles. The number of nitrogens with two attached hydrogens (primary N) is 1. The van der Waals surface area contributed by atoms with Gasteiger partial charge in [-0.05, 0) is 98.2 Å². The summed E-state index contributed by atoms with van der Waals surface area (Å²) >= 11 is 0. The zero-order valence-corrected chi connectivity index (χ0v) is 19.2. The van der Waals surface area contributed by atoms with Gasteiger partial charge in [-0.3, -0.25) is 14.4 Å². The fourth-order valence-electron chi connectivity index (χ4n) is 2.60. The number of carbonyl (C=O) groups excluding carboxylic acids is 3. The standard InChI is InChI=1S/C27H29N3O3/c1-4-6-7-8-9-10-11-12-13-14-20-26(32)29-22-17-19-25(28)27(33)30-21-16-15-18-24(5-2)23(3)31/h1,24-25H,5,15-19,21-22,28H2,2-3H3,(H,29,32)(H,30,33). The first-order valence-electron chi connectivity index (χ1n) is 10.7. The van der Waals surface area contributed by atoms with E-state index in [0.29, 0.717) is 25.9 Å². The van der Waals surface area contributed by atoms with Crippen molar-refractivity contribution in [2.24, 2.45) is 11.7 Å². The number of ketones is 1. The second kappa shape index (κ2) is 19.9. The van der Waals surface area contributed by atoms with E-state index in [9.17, 15) is 14.4 Å². The molecule has 0 rings (SSSR count). The summed E-state index contributed by atoms with van der Waals surface area (Å²) in [5.74, 6) is 25.7. The van der Waals surface area contributed by atoms with Gasteiger partial charge < -0.3 is 16.4 Å². The lowest BCUT2D eigenvalue weighted by atomic mass is 9.95. The van der Waals surface area contributed by atoms with Gasteiger partial charge in [-0.25, -0.2) is 0 Å². The molecule has 0 aliphatic carbocycles. The van der Waals surface area contributed by atoms with Crippen molar-refractivity contribution in [3.05, 3.63) is 0 Å². The molecule has 0 aromatic rings. The molecule has 2 amide bonds. The molecular weight excluding hydrogens is 414 g/mol. The first-order valence-corrected chi connectivity index (χ1v) is 10.7. The van der Waals surface area contributed by atoms with Crippen molar-refractivity contribution < 1.29 is 14.4 Å². The Morgan fingerprint density at radius 1 is 0.818 bits per heavy atom. The monoisotopic (exact) mass is 443 g/mol. The number of nitrogens with one attached hydrogen (secondary N) is 2. The molecule has 33 heavy (non-hydrogen) atoms. The minimum Gasteiger partial charge on any atom is -0.355 e. The Bertz CT molecular complexity index is 1030. The summed E-state index contributed by atoms with van der Waals surface area (Å²) in [7, 11) is 0. The third-order valence-electron chi connectivity index (χ3n) is 4.41. The topological polar surface area (TPSA) is 101 Å². The maximum absolute atomic E-state index is 12.0. The summed E-state index contributed by atoms with van der Waals surface area (Å²) in [5, 5.41) is 5.41. The van der Waals surface area contributed by atoms with Crippen LogP contribution < -0.4 is 16.4 Å². The van der Waals surface area contributed by atoms with Gasteiger partial charge in [0.2, 0.25) is 5.91 Å². The minimum atomic E-state index is -0.640. The van der Waals surface area contributed by atoms with E-state index in [1.54, 1.807) is 6.92 Å². The van der Waals surface area contributed by atoms with E-state index in [-0.39, 0.29) is 17.6 Å². The number of terminal acetylenes is 1. The Morgan fingerprint density at radius 2 is 1.39 bits per heavy atom. The van der Waals surface area contributed by atoms with Gasteiger partial charge in [0.05, 0.1) is 6.04 Å². The molecule has 0 aliphatic heterocycles. The number of hydrogen-bond acceptors (Lipinski definition) is 4. The van der Waals surface area contributed by atoms with Crippen LogP contribution in [0.4, 0.5) is 0 Å². The fraction of sp³-hybridized carbons (Fsp3) is 0.444.